The Balaban J connectivity index is 1.92. The first-order valence-electron chi connectivity index (χ1n) is 4.08. The van der Waals surface area contributed by atoms with Crippen LogP contribution in [0.1, 0.15) is 12.8 Å². The van der Waals surface area contributed by atoms with Crippen molar-refractivity contribution in [2.75, 3.05) is 0 Å². The minimum absolute atomic E-state index is 0.406. The lowest BCUT2D eigenvalue weighted by Gasteiger charge is -2.22. The maximum absolute atomic E-state index is 10.7. The second-order valence-corrected chi connectivity index (χ2v) is 4.37. The van der Waals surface area contributed by atoms with Crippen LogP contribution in [-0.2, 0) is 4.79 Å². The fraction of sp³-hybridized carbons (Fsp3) is 0.300. The van der Waals surface area contributed by atoms with E-state index in [1.807, 2.05) is 30.0 Å². The van der Waals surface area contributed by atoms with Crippen LogP contribution >= 0.6 is 11.8 Å². The van der Waals surface area contributed by atoms with Gasteiger partial charge in [-0.25, -0.2) is 0 Å². The number of Topliss-reactive ketones (excluding diaryl/α,β-unsaturated/α-hetero) is 1. The molecular formula is C10H10OS. The summed E-state index contributed by atoms with van der Waals surface area (Å²) in [6.07, 6.45) is 1.53. The van der Waals surface area contributed by atoms with Gasteiger partial charge in [-0.2, -0.15) is 0 Å². The monoisotopic (exact) mass is 178 g/mol. The number of carbonyl (C=O) groups is 1. The molecule has 1 aliphatic carbocycles. The van der Waals surface area contributed by atoms with Gasteiger partial charge < -0.3 is 0 Å². The van der Waals surface area contributed by atoms with Gasteiger partial charge in [0.15, 0.2) is 0 Å². The van der Waals surface area contributed by atoms with Gasteiger partial charge in [-0.05, 0) is 12.1 Å². The van der Waals surface area contributed by atoms with E-state index < -0.39 is 0 Å². The molecule has 0 N–H and O–H groups in total. The first-order valence-corrected chi connectivity index (χ1v) is 4.96. The number of rotatable bonds is 2. The number of carbonyl (C=O) groups excluding carboxylic acids is 1. The zero-order chi connectivity index (χ0) is 8.39. The Morgan fingerprint density at radius 1 is 1.17 bits per heavy atom. The summed E-state index contributed by atoms with van der Waals surface area (Å²) in [4.78, 5) is 12.0. The van der Waals surface area contributed by atoms with Crippen molar-refractivity contribution >= 4 is 17.5 Å². The molecule has 0 radical (unpaired) electrons. The highest BCUT2D eigenvalue weighted by molar-refractivity contribution is 8.00. The predicted octanol–water partition coefficient (Wildman–Crippen LogP) is 2.51. The number of benzene rings is 1. The predicted molar refractivity (Wildman–Crippen MR) is 50.3 cm³/mol. The van der Waals surface area contributed by atoms with E-state index in [0.29, 0.717) is 11.0 Å². The maximum Gasteiger partial charge on any atom is 0.135 e. The highest BCUT2D eigenvalue weighted by Crippen LogP contribution is 2.33. The molecule has 62 valence electrons. The Hall–Kier alpha value is -0.760. The van der Waals surface area contributed by atoms with Crippen molar-refractivity contribution in [2.24, 2.45) is 0 Å². The van der Waals surface area contributed by atoms with Crippen molar-refractivity contribution in [1.29, 1.82) is 0 Å². The van der Waals surface area contributed by atoms with Crippen molar-refractivity contribution in [1.82, 2.24) is 0 Å². The third kappa shape index (κ3) is 1.69. The summed E-state index contributed by atoms with van der Waals surface area (Å²) < 4.78 is 0. The molecule has 0 unspecified atom stereocenters. The number of hydrogen-bond acceptors (Lipinski definition) is 2. The van der Waals surface area contributed by atoms with Gasteiger partial charge in [0, 0.05) is 23.0 Å². The van der Waals surface area contributed by atoms with Crippen molar-refractivity contribution in [3.05, 3.63) is 30.3 Å². The van der Waals surface area contributed by atoms with Crippen molar-refractivity contribution in [2.45, 2.75) is 23.0 Å². The lowest BCUT2D eigenvalue weighted by molar-refractivity contribution is -0.123. The quantitative estimate of drug-likeness (QED) is 0.692. The minimum Gasteiger partial charge on any atom is -0.300 e. The molecular weight excluding hydrogens is 168 g/mol. The number of hydrogen-bond donors (Lipinski definition) is 0. The van der Waals surface area contributed by atoms with Gasteiger partial charge in [0.1, 0.15) is 5.78 Å². The molecule has 1 nitrogen and oxygen atoms in total. The largest absolute Gasteiger partial charge is 0.300 e. The minimum atomic E-state index is 0.406. The van der Waals surface area contributed by atoms with E-state index in [-0.39, 0.29) is 0 Å². The lowest BCUT2D eigenvalue weighted by Crippen LogP contribution is -2.25. The third-order valence-electron chi connectivity index (χ3n) is 1.96. The molecule has 0 bridgehead atoms. The molecule has 0 aromatic heterocycles. The zero-order valence-corrected chi connectivity index (χ0v) is 7.51. The van der Waals surface area contributed by atoms with E-state index in [4.69, 9.17) is 0 Å². The van der Waals surface area contributed by atoms with Gasteiger partial charge in [-0.1, -0.05) is 18.2 Å². The van der Waals surface area contributed by atoms with Crippen molar-refractivity contribution in [3.63, 3.8) is 0 Å². The molecule has 0 amide bonds. The Kier molecular flexibility index (Phi) is 2.17. The van der Waals surface area contributed by atoms with E-state index in [1.165, 1.54) is 4.90 Å². The van der Waals surface area contributed by atoms with Gasteiger partial charge in [0.25, 0.3) is 0 Å². The van der Waals surface area contributed by atoms with Crippen LogP contribution < -0.4 is 0 Å². The summed E-state index contributed by atoms with van der Waals surface area (Å²) in [7, 11) is 0. The van der Waals surface area contributed by atoms with Crippen LogP contribution in [0.4, 0.5) is 0 Å². The Bertz CT molecular complexity index is 273. The maximum atomic E-state index is 10.7. The molecule has 0 spiro atoms. The van der Waals surface area contributed by atoms with Gasteiger partial charge >= 0.3 is 0 Å². The first kappa shape index (κ1) is 7.87. The van der Waals surface area contributed by atoms with E-state index in [2.05, 4.69) is 12.1 Å². The van der Waals surface area contributed by atoms with Gasteiger partial charge in [-0.15, -0.1) is 11.8 Å². The first-order chi connectivity index (χ1) is 5.84. The summed E-state index contributed by atoms with van der Waals surface area (Å²) in [6, 6.07) is 10.3. The highest BCUT2D eigenvalue weighted by atomic mass is 32.2. The van der Waals surface area contributed by atoms with Crippen molar-refractivity contribution < 1.29 is 4.79 Å². The standard InChI is InChI=1S/C10H10OS/c11-8-6-10(7-8)12-9-4-2-1-3-5-9/h1-5,10H,6-7H2. The molecule has 1 aliphatic rings. The molecule has 0 saturated heterocycles. The topological polar surface area (TPSA) is 17.1 Å². The van der Waals surface area contributed by atoms with E-state index >= 15 is 0 Å². The van der Waals surface area contributed by atoms with Crippen LogP contribution in [-0.4, -0.2) is 11.0 Å². The highest BCUT2D eigenvalue weighted by Gasteiger charge is 2.26. The average molecular weight is 178 g/mol. The fourth-order valence-electron chi connectivity index (χ4n) is 1.22. The van der Waals surface area contributed by atoms with Crippen LogP contribution in [0.5, 0.6) is 0 Å². The molecule has 12 heavy (non-hydrogen) atoms. The van der Waals surface area contributed by atoms with Crippen LogP contribution in [0, 0.1) is 0 Å². The molecule has 1 aromatic rings. The van der Waals surface area contributed by atoms with Crippen LogP contribution in [0.2, 0.25) is 0 Å². The third-order valence-corrected chi connectivity index (χ3v) is 3.17. The second-order valence-electron chi connectivity index (χ2n) is 3.00. The molecule has 1 saturated carbocycles. The lowest BCUT2D eigenvalue weighted by atomic mass is 9.98. The molecule has 2 heteroatoms. The summed E-state index contributed by atoms with van der Waals surface area (Å²) in [5, 5.41) is 0.542. The van der Waals surface area contributed by atoms with Gasteiger partial charge in [0.05, 0.1) is 0 Å². The van der Waals surface area contributed by atoms with Crippen LogP contribution in [0.3, 0.4) is 0 Å². The molecule has 1 aromatic carbocycles. The Morgan fingerprint density at radius 3 is 2.42 bits per heavy atom. The number of thioether (sulfide) groups is 1. The van der Waals surface area contributed by atoms with Crippen molar-refractivity contribution in [3.8, 4) is 0 Å². The van der Waals surface area contributed by atoms with Gasteiger partial charge in [-0.3, -0.25) is 4.79 Å². The zero-order valence-electron chi connectivity index (χ0n) is 6.69. The van der Waals surface area contributed by atoms with Gasteiger partial charge in [0.2, 0.25) is 0 Å². The molecule has 0 heterocycles. The summed E-state index contributed by atoms with van der Waals surface area (Å²) in [6.45, 7) is 0. The summed E-state index contributed by atoms with van der Waals surface area (Å²) in [5.74, 6) is 0.406. The van der Waals surface area contributed by atoms with E-state index in [1.54, 1.807) is 0 Å². The molecule has 1 fully saturated rings. The van der Waals surface area contributed by atoms with Crippen LogP contribution in [0.25, 0.3) is 0 Å². The SMILES string of the molecule is O=C1CC(Sc2ccccc2)C1. The van der Waals surface area contributed by atoms with E-state index in [9.17, 15) is 4.79 Å². The van der Waals surface area contributed by atoms with E-state index in [0.717, 1.165) is 12.8 Å². The molecule has 0 atom stereocenters. The smallest absolute Gasteiger partial charge is 0.135 e. The Morgan fingerprint density at radius 2 is 1.83 bits per heavy atom. The normalized spacial score (nSPS) is 17.5. The molecule has 2 rings (SSSR count). The Labute approximate surface area is 76.2 Å². The summed E-state index contributed by atoms with van der Waals surface area (Å²) >= 11 is 1.81. The van der Waals surface area contributed by atoms with Crippen LogP contribution in [0.15, 0.2) is 35.2 Å². The fourth-order valence-corrected chi connectivity index (χ4v) is 2.46. The second kappa shape index (κ2) is 3.31. The average Bonchev–Trinajstić information content (AvgIpc) is 2.04. The molecule has 0 aliphatic heterocycles. The summed E-state index contributed by atoms with van der Waals surface area (Å²) in [5.41, 5.74) is 0. The number of ketones is 1.